The van der Waals surface area contributed by atoms with Gasteiger partial charge >= 0.3 is 0 Å². The van der Waals surface area contributed by atoms with Gasteiger partial charge in [-0.15, -0.1) is 0 Å². The molecular weight excluding hydrogens is 456 g/mol. The van der Waals surface area contributed by atoms with Gasteiger partial charge in [-0.05, 0) is 61.6 Å². The van der Waals surface area contributed by atoms with Crippen LogP contribution in [0.1, 0.15) is 31.2 Å². The molecule has 0 aliphatic carbocycles. The van der Waals surface area contributed by atoms with E-state index in [0.717, 1.165) is 49.9 Å². The van der Waals surface area contributed by atoms with Crippen molar-refractivity contribution in [2.45, 2.75) is 44.5 Å². The third-order valence-electron chi connectivity index (χ3n) is 5.34. The summed E-state index contributed by atoms with van der Waals surface area (Å²) in [5.41, 5.74) is 2.51. The molecule has 4 rings (SSSR count). The molecule has 5 nitrogen and oxygen atoms in total. The molecule has 2 saturated heterocycles. The van der Waals surface area contributed by atoms with E-state index in [2.05, 4.69) is 44.0 Å². The molecule has 0 spiro atoms. The van der Waals surface area contributed by atoms with Crippen LogP contribution in [-0.4, -0.2) is 43.7 Å². The van der Waals surface area contributed by atoms with Crippen molar-refractivity contribution in [3.8, 4) is 5.88 Å². The maximum atomic E-state index is 6.19. The highest BCUT2D eigenvalue weighted by Gasteiger charge is 2.26. The molecule has 0 N–H and O–H groups in total. The van der Waals surface area contributed by atoms with Crippen LogP contribution in [-0.2, 0) is 15.9 Å². The first kappa shape index (κ1) is 20.9. The standard InChI is InChI=1S/C22H26BrClN2O3/c23-17-6-7-20(16(14-17)9-13-28-21-5-1-2-12-27-21)26-11-8-18(15-26)29-22-19(24)4-3-10-25-22/h3-4,6-7,10,14,18,21H,1-2,5,8-9,11-13,15H2. The van der Waals surface area contributed by atoms with Gasteiger partial charge in [0, 0.05) is 35.9 Å². The Bertz CT molecular complexity index is 816. The second-order valence-electron chi connectivity index (χ2n) is 7.45. The predicted molar refractivity (Wildman–Crippen MR) is 118 cm³/mol. The Hall–Kier alpha value is -1.34. The first-order valence-corrected chi connectivity index (χ1v) is 11.4. The van der Waals surface area contributed by atoms with Gasteiger partial charge in [0.1, 0.15) is 11.1 Å². The fourth-order valence-electron chi connectivity index (χ4n) is 3.86. The van der Waals surface area contributed by atoms with Crippen molar-refractivity contribution < 1.29 is 14.2 Å². The lowest BCUT2D eigenvalue weighted by Gasteiger charge is -2.24. The lowest BCUT2D eigenvalue weighted by atomic mass is 10.1. The van der Waals surface area contributed by atoms with Crippen molar-refractivity contribution in [1.82, 2.24) is 4.98 Å². The van der Waals surface area contributed by atoms with E-state index >= 15 is 0 Å². The summed E-state index contributed by atoms with van der Waals surface area (Å²) in [6.45, 7) is 3.22. The summed E-state index contributed by atoms with van der Waals surface area (Å²) in [5.74, 6) is 0.512. The molecule has 3 heterocycles. The maximum Gasteiger partial charge on any atom is 0.232 e. The highest BCUT2D eigenvalue weighted by Crippen LogP contribution is 2.30. The van der Waals surface area contributed by atoms with E-state index in [4.69, 9.17) is 25.8 Å². The summed E-state index contributed by atoms with van der Waals surface area (Å²) in [6.07, 6.45) is 6.83. The lowest BCUT2D eigenvalue weighted by Crippen LogP contribution is -2.26. The number of pyridine rings is 1. The van der Waals surface area contributed by atoms with Crippen LogP contribution in [0.5, 0.6) is 5.88 Å². The van der Waals surface area contributed by atoms with Gasteiger partial charge in [0.25, 0.3) is 0 Å². The normalized spacial score (nSPS) is 22.1. The zero-order valence-corrected chi connectivity index (χ0v) is 18.7. The number of benzene rings is 1. The molecule has 7 heteroatoms. The minimum atomic E-state index is -0.0490. The first-order valence-electron chi connectivity index (χ1n) is 10.2. The number of rotatable bonds is 7. The molecule has 2 aliphatic rings. The van der Waals surface area contributed by atoms with Gasteiger partial charge in [-0.3, -0.25) is 0 Å². The highest BCUT2D eigenvalue weighted by atomic mass is 79.9. The number of halogens is 2. The van der Waals surface area contributed by atoms with E-state index in [1.165, 1.54) is 17.7 Å². The van der Waals surface area contributed by atoms with Crippen LogP contribution in [0.3, 0.4) is 0 Å². The number of anilines is 1. The van der Waals surface area contributed by atoms with E-state index in [1.807, 2.05) is 6.07 Å². The number of aromatic nitrogens is 1. The fraction of sp³-hybridized carbons (Fsp3) is 0.500. The van der Waals surface area contributed by atoms with Gasteiger partial charge in [-0.1, -0.05) is 27.5 Å². The molecule has 1 aromatic carbocycles. The molecule has 2 aromatic rings. The van der Waals surface area contributed by atoms with Gasteiger partial charge in [0.05, 0.1) is 13.2 Å². The number of nitrogens with zero attached hydrogens (tertiary/aromatic N) is 2. The molecule has 2 atom stereocenters. The van der Waals surface area contributed by atoms with E-state index in [9.17, 15) is 0 Å². The number of hydrogen-bond acceptors (Lipinski definition) is 5. The van der Waals surface area contributed by atoms with Crippen molar-refractivity contribution in [1.29, 1.82) is 0 Å². The summed E-state index contributed by atoms with van der Waals surface area (Å²) in [6, 6.07) is 10.1. The quantitative estimate of drug-likeness (QED) is 0.541. The summed E-state index contributed by atoms with van der Waals surface area (Å²) in [5, 5.41) is 0.553. The Balaban J connectivity index is 1.37. The second-order valence-corrected chi connectivity index (χ2v) is 8.78. The average Bonchev–Trinajstić information content (AvgIpc) is 3.19. The molecule has 0 saturated carbocycles. The molecular formula is C22H26BrClN2O3. The third-order valence-corrected chi connectivity index (χ3v) is 6.12. The van der Waals surface area contributed by atoms with Crippen LogP contribution < -0.4 is 9.64 Å². The molecule has 29 heavy (non-hydrogen) atoms. The Morgan fingerprint density at radius 2 is 2.17 bits per heavy atom. The largest absolute Gasteiger partial charge is 0.471 e. The van der Waals surface area contributed by atoms with E-state index in [0.29, 0.717) is 17.5 Å². The summed E-state index contributed by atoms with van der Waals surface area (Å²) in [7, 11) is 0. The van der Waals surface area contributed by atoms with Gasteiger partial charge in [0.15, 0.2) is 6.29 Å². The minimum Gasteiger partial charge on any atom is -0.471 e. The summed E-state index contributed by atoms with van der Waals surface area (Å²) >= 11 is 9.80. The first-order chi connectivity index (χ1) is 14.2. The third kappa shape index (κ3) is 5.63. The Morgan fingerprint density at radius 1 is 1.24 bits per heavy atom. The second kappa shape index (κ2) is 10.1. The van der Waals surface area contributed by atoms with Gasteiger partial charge in [-0.2, -0.15) is 0 Å². The number of hydrogen-bond donors (Lipinski definition) is 0. The van der Waals surface area contributed by atoms with Crippen LogP contribution >= 0.6 is 27.5 Å². The van der Waals surface area contributed by atoms with Gasteiger partial charge < -0.3 is 19.1 Å². The van der Waals surface area contributed by atoms with Gasteiger partial charge in [-0.25, -0.2) is 4.98 Å². The van der Waals surface area contributed by atoms with Crippen LogP contribution in [0.25, 0.3) is 0 Å². The molecule has 0 amide bonds. The van der Waals surface area contributed by atoms with Crippen LogP contribution in [0, 0.1) is 0 Å². The predicted octanol–water partition coefficient (Wildman–Crippen LogP) is 5.24. The topological polar surface area (TPSA) is 43.8 Å². The summed E-state index contributed by atoms with van der Waals surface area (Å²) in [4.78, 5) is 6.62. The van der Waals surface area contributed by atoms with Crippen molar-refractivity contribution >= 4 is 33.2 Å². The Kier molecular flexibility index (Phi) is 7.29. The van der Waals surface area contributed by atoms with Gasteiger partial charge in [0.2, 0.25) is 5.88 Å². The molecule has 2 aliphatic heterocycles. The Labute approximate surface area is 185 Å². The van der Waals surface area contributed by atoms with Crippen molar-refractivity contribution in [2.75, 3.05) is 31.2 Å². The monoisotopic (exact) mass is 480 g/mol. The van der Waals surface area contributed by atoms with Crippen molar-refractivity contribution in [3.63, 3.8) is 0 Å². The smallest absolute Gasteiger partial charge is 0.232 e. The average molecular weight is 482 g/mol. The van der Waals surface area contributed by atoms with Crippen LogP contribution in [0.4, 0.5) is 5.69 Å². The lowest BCUT2D eigenvalue weighted by molar-refractivity contribution is -0.161. The minimum absolute atomic E-state index is 0.0490. The molecule has 0 bridgehead atoms. The summed E-state index contributed by atoms with van der Waals surface area (Å²) < 4.78 is 18.8. The maximum absolute atomic E-state index is 6.19. The van der Waals surface area contributed by atoms with E-state index in [1.54, 1.807) is 12.3 Å². The SMILES string of the molecule is Clc1cccnc1OC1CCN(c2ccc(Br)cc2CCOC2CCCCO2)C1. The zero-order valence-electron chi connectivity index (χ0n) is 16.4. The molecule has 156 valence electrons. The van der Waals surface area contributed by atoms with E-state index in [-0.39, 0.29) is 12.4 Å². The fourth-order valence-corrected chi connectivity index (χ4v) is 4.44. The van der Waals surface area contributed by atoms with Crippen molar-refractivity contribution in [3.05, 3.63) is 51.6 Å². The number of ether oxygens (including phenoxy) is 3. The van der Waals surface area contributed by atoms with Crippen molar-refractivity contribution in [2.24, 2.45) is 0 Å². The van der Waals surface area contributed by atoms with Crippen LogP contribution in [0.2, 0.25) is 5.02 Å². The molecule has 1 aromatic heterocycles. The highest BCUT2D eigenvalue weighted by molar-refractivity contribution is 9.10. The zero-order chi connectivity index (χ0) is 20.1. The molecule has 2 unspecified atom stereocenters. The van der Waals surface area contributed by atoms with Crippen LogP contribution in [0.15, 0.2) is 41.0 Å². The van der Waals surface area contributed by atoms with E-state index < -0.39 is 0 Å². The molecule has 2 fully saturated rings. The molecule has 0 radical (unpaired) electrons. The Morgan fingerprint density at radius 3 is 3.00 bits per heavy atom.